The molecule has 4 heteroatoms. The third-order valence-corrected chi connectivity index (χ3v) is 1.48. The lowest BCUT2D eigenvalue weighted by Gasteiger charge is -2.18. The Labute approximate surface area is 66.2 Å². The standard InChI is InChI=1S/C6H8BrF3/c7-2-1-6(3-8,4-9)5-10/h1-2H,3-5H2. The van der Waals surface area contributed by atoms with Crippen molar-refractivity contribution in [2.45, 2.75) is 0 Å². The molecule has 0 saturated carbocycles. The van der Waals surface area contributed by atoms with E-state index in [-0.39, 0.29) is 0 Å². The van der Waals surface area contributed by atoms with E-state index in [0.717, 1.165) is 6.08 Å². The van der Waals surface area contributed by atoms with Crippen LogP contribution in [0, 0.1) is 5.41 Å². The van der Waals surface area contributed by atoms with E-state index in [1.807, 2.05) is 0 Å². The van der Waals surface area contributed by atoms with Crippen molar-refractivity contribution in [3.63, 3.8) is 0 Å². The molecule has 0 nitrogen and oxygen atoms in total. The van der Waals surface area contributed by atoms with Crippen LogP contribution in [0.5, 0.6) is 0 Å². The van der Waals surface area contributed by atoms with Crippen LogP contribution in [-0.4, -0.2) is 20.0 Å². The Morgan fingerprint density at radius 2 is 1.50 bits per heavy atom. The van der Waals surface area contributed by atoms with Crippen molar-refractivity contribution in [3.05, 3.63) is 11.1 Å². The molecular weight excluding hydrogens is 209 g/mol. The first kappa shape index (κ1) is 10.0. The lowest BCUT2D eigenvalue weighted by atomic mass is 9.94. The SMILES string of the molecule is FCC(C=CBr)(CF)CF. The summed E-state index contributed by atoms with van der Waals surface area (Å²) in [5, 5.41) is 0. The molecule has 0 aliphatic heterocycles. The summed E-state index contributed by atoms with van der Waals surface area (Å²) >= 11 is 2.83. The lowest BCUT2D eigenvalue weighted by molar-refractivity contribution is 0.164. The molecule has 0 atom stereocenters. The summed E-state index contributed by atoms with van der Waals surface area (Å²) in [5.41, 5.74) is -1.55. The molecule has 0 aromatic heterocycles. The number of hydrogen-bond acceptors (Lipinski definition) is 0. The van der Waals surface area contributed by atoms with Gasteiger partial charge in [0, 0.05) is 0 Å². The highest BCUT2D eigenvalue weighted by Gasteiger charge is 2.27. The van der Waals surface area contributed by atoms with Crippen LogP contribution in [-0.2, 0) is 0 Å². The highest BCUT2D eigenvalue weighted by Crippen LogP contribution is 2.22. The molecular formula is C6H8BrF3. The average Bonchev–Trinajstić information content (AvgIpc) is 2.01. The van der Waals surface area contributed by atoms with Crippen molar-refractivity contribution in [1.29, 1.82) is 0 Å². The predicted molar refractivity (Wildman–Crippen MR) is 38.4 cm³/mol. The molecule has 0 saturated heterocycles. The molecule has 10 heavy (non-hydrogen) atoms. The van der Waals surface area contributed by atoms with Crippen molar-refractivity contribution >= 4 is 15.9 Å². The van der Waals surface area contributed by atoms with Crippen molar-refractivity contribution in [2.24, 2.45) is 5.41 Å². The Bertz CT molecular complexity index is 101. The summed E-state index contributed by atoms with van der Waals surface area (Å²) in [7, 11) is 0. The third kappa shape index (κ3) is 2.33. The van der Waals surface area contributed by atoms with E-state index in [0.29, 0.717) is 0 Å². The van der Waals surface area contributed by atoms with Crippen LogP contribution in [0.15, 0.2) is 11.1 Å². The van der Waals surface area contributed by atoms with Gasteiger partial charge >= 0.3 is 0 Å². The van der Waals surface area contributed by atoms with E-state index < -0.39 is 25.4 Å². The zero-order valence-corrected chi connectivity index (χ0v) is 6.87. The molecule has 0 N–H and O–H groups in total. The molecule has 0 unspecified atom stereocenters. The molecule has 0 heterocycles. The monoisotopic (exact) mass is 216 g/mol. The smallest absolute Gasteiger partial charge is 0.104 e. The molecule has 0 bridgehead atoms. The van der Waals surface area contributed by atoms with Gasteiger partial charge in [-0.15, -0.1) is 0 Å². The van der Waals surface area contributed by atoms with Gasteiger partial charge in [-0.25, -0.2) is 13.2 Å². The number of allylic oxidation sites excluding steroid dienone is 1. The van der Waals surface area contributed by atoms with E-state index in [9.17, 15) is 13.2 Å². The van der Waals surface area contributed by atoms with Gasteiger partial charge in [-0.1, -0.05) is 22.0 Å². The summed E-state index contributed by atoms with van der Waals surface area (Å²) in [6.45, 7) is -3.04. The van der Waals surface area contributed by atoms with E-state index in [4.69, 9.17) is 0 Å². The molecule has 0 aliphatic rings. The van der Waals surface area contributed by atoms with Crippen LogP contribution in [0.2, 0.25) is 0 Å². The van der Waals surface area contributed by atoms with Crippen molar-refractivity contribution in [2.75, 3.05) is 20.0 Å². The van der Waals surface area contributed by atoms with Crippen molar-refractivity contribution in [1.82, 2.24) is 0 Å². The average molecular weight is 217 g/mol. The van der Waals surface area contributed by atoms with Gasteiger partial charge in [-0.2, -0.15) is 0 Å². The quantitative estimate of drug-likeness (QED) is 0.679. The highest BCUT2D eigenvalue weighted by molar-refractivity contribution is 9.11. The summed E-state index contributed by atoms with van der Waals surface area (Å²) in [6, 6.07) is 0. The fourth-order valence-electron chi connectivity index (χ4n) is 0.374. The van der Waals surface area contributed by atoms with Gasteiger partial charge < -0.3 is 0 Å². The molecule has 0 aliphatic carbocycles. The van der Waals surface area contributed by atoms with Gasteiger partial charge in [0.1, 0.15) is 20.0 Å². The fraction of sp³-hybridized carbons (Fsp3) is 0.667. The number of alkyl halides is 3. The first-order chi connectivity index (χ1) is 4.74. The maximum atomic E-state index is 11.9. The van der Waals surface area contributed by atoms with Gasteiger partial charge in [0.25, 0.3) is 0 Å². The van der Waals surface area contributed by atoms with Crippen LogP contribution in [0.25, 0.3) is 0 Å². The van der Waals surface area contributed by atoms with E-state index in [1.165, 1.54) is 4.99 Å². The van der Waals surface area contributed by atoms with Crippen LogP contribution in [0.4, 0.5) is 13.2 Å². The summed E-state index contributed by atoms with van der Waals surface area (Å²) in [4.78, 5) is 1.27. The van der Waals surface area contributed by atoms with Crippen molar-refractivity contribution < 1.29 is 13.2 Å². The van der Waals surface area contributed by atoms with Crippen LogP contribution in [0.3, 0.4) is 0 Å². The first-order valence-electron chi connectivity index (χ1n) is 2.70. The van der Waals surface area contributed by atoms with Crippen LogP contribution in [0.1, 0.15) is 0 Å². The molecule has 0 rings (SSSR count). The number of halogens is 4. The Hall–Kier alpha value is 0.01000. The molecule has 0 radical (unpaired) electrons. The topological polar surface area (TPSA) is 0 Å². The normalized spacial score (nSPS) is 12.8. The Morgan fingerprint density at radius 1 is 1.10 bits per heavy atom. The second-order valence-electron chi connectivity index (χ2n) is 2.06. The number of hydrogen-bond donors (Lipinski definition) is 0. The summed E-state index contributed by atoms with van der Waals surface area (Å²) in [6.07, 6.45) is 1.15. The van der Waals surface area contributed by atoms with Gasteiger partial charge in [0.05, 0.1) is 5.41 Å². The van der Waals surface area contributed by atoms with Gasteiger partial charge in [-0.3, -0.25) is 0 Å². The van der Waals surface area contributed by atoms with Crippen LogP contribution >= 0.6 is 15.9 Å². The molecule has 0 spiro atoms. The minimum atomic E-state index is -1.55. The van der Waals surface area contributed by atoms with Gasteiger partial charge in [-0.05, 0) is 4.99 Å². The maximum absolute atomic E-state index is 11.9. The summed E-state index contributed by atoms with van der Waals surface area (Å²) in [5.74, 6) is 0. The molecule has 0 aromatic rings. The molecule has 0 amide bonds. The Balaban J connectivity index is 4.15. The first-order valence-corrected chi connectivity index (χ1v) is 3.62. The van der Waals surface area contributed by atoms with Gasteiger partial charge in [0.2, 0.25) is 0 Å². The second kappa shape index (κ2) is 4.77. The number of rotatable bonds is 4. The minimum Gasteiger partial charge on any atom is -0.250 e. The molecule has 0 fully saturated rings. The Kier molecular flexibility index (Phi) is 4.77. The Morgan fingerprint density at radius 3 is 1.60 bits per heavy atom. The zero-order chi connectivity index (χ0) is 8.04. The summed E-state index contributed by atoms with van der Waals surface area (Å²) < 4.78 is 35.8. The lowest BCUT2D eigenvalue weighted by Crippen LogP contribution is -2.25. The van der Waals surface area contributed by atoms with E-state index >= 15 is 0 Å². The van der Waals surface area contributed by atoms with Gasteiger partial charge in [0.15, 0.2) is 0 Å². The maximum Gasteiger partial charge on any atom is 0.104 e. The molecule has 60 valence electrons. The van der Waals surface area contributed by atoms with E-state index in [1.54, 1.807) is 0 Å². The van der Waals surface area contributed by atoms with Crippen molar-refractivity contribution in [3.8, 4) is 0 Å². The fourth-order valence-corrected chi connectivity index (χ4v) is 0.935. The molecule has 0 aromatic carbocycles. The third-order valence-electron chi connectivity index (χ3n) is 1.21. The largest absolute Gasteiger partial charge is 0.250 e. The van der Waals surface area contributed by atoms with Crippen LogP contribution < -0.4 is 0 Å². The zero-order valence-electron chi connectivity index (χ0n) is 5.29. The highest BCUT2D eigenvalue weighted by atomic mass is 79.9. The second-order valence-corrected chi connectivity index (χ2v) is 2.58. The van der Waals surface area contributed by atoms with E-state index in [2.05, 4.69) is 15.9 Å². The predicted octanol–water partition coefficient (Wildman–Crippen LogP) is 2.79. The minimum absolute atomic E-state index is 1.01.